The second-order valence-corrected chi connectivity index (χ2v) is 7.58. The van der Waals surface area contributed by atoms with Crippen molar-refractivity contribution < 1.29 is 4.39 Å². The number of thioether (sulfide) groups is 1. The molecule has 4 nitrogen and oxygen atoms in total. The molecule has 0 unspecified atom stereocenters. The first-order valence-electron chi connectivity index (χ1n) is 7.56. The lowest BCUT2D eigenvalue weighted by molar-refractivity contribution is 0.0924. The maximum atomic E-state index is 14.5. The molecule has 1 aromatic rings. The first-order chi connectivity index (χ1) is 10.4. The number of nitrogens with zero attached hydrogens (tertiary/aromatic N) is 3. The second-order valence-electron chi connectivity index (χ2n) is 6.32. The third kappa shape index (κ3) is 3.32. The molecule has 1 aliphatic carbocycles. The van der Waals surface area contributed by atoms with Crippen molar-refractivity contribution in [2.45, 2.75) is 44.3 Å². The topological polar surface area (TPSA) is 52.9 Å². The van der Waals surface area contributed by atoms with Gasteiger partial charge in [-0.25, -0.2) is 14.4 Å². The zero-order valence-electron chi connectivity index (χ0n) is 13.2. The van der Waals surface area contributed by atoms with Gasteiger partial charge in [-0.3, -0.25) is 0 Å². The van der Waals surface area contributed by atoms with E-state index in [0.29, 0.717) is 24.6 Å². The molecule has 1 saturated carbocycles. The van der Waals surface area contributed by atoms with Crippen molar-refractivity contribution in [2.75, 3.05) is 18.0 Å². The van der Waals surface area contributed by atoms with Gasteiger partial charge in [0.25, 0.3) is 0 Å². The van der Waals surface area contributed by atoms with Gasteiger partial charge in [0.15, 0.2) is 0 Å². The van der Waals surface area contributed by atoms with Crippen LogP contribution < -0.4 is 4.90 Å². The zero-order chi connectivity index (χ0) is 15.9. The van der Waals surface area contributed by atoms with Crippen LogP contribution in [0.4, 0.5) is 10.2 Å². The highest BCUT2D eigenvalue weighted by atomic mass is 32.2. The van der Waals surface area contributed by atoms with E-state index in [1.807, 2.05) is 30.9 Å². The largest absolute Gasteiger partial charge is 0.350 e. The fourth-order valence-corrected chi connectivity index (χ4v) is 3.76. The Morgan fingerprint density at radius 1 is 1.41 bits per heavy atom. The number of hydrogen-bond donors (Lipinski definition) is 1. The Labute approximate surface area is 134 Å². The Kier molecular flexibility index (Phi) is 3.97. The number of allylic oxidation sites excluding steroid dienone is 2. The van der Waals surface area contributed by atoms with Gasteiger partial charge in [0.2, 0.25) is 0 Å². The van der Waals surface area contributed by atoms with Gasteiger partial charge in [0.1, 0.15) is 22.3 Å². The van der Waals surface area contributed by atoms with Crippen LogP contribution in [0.5, 0.6) is 0 Å². The van der Waals surface area contributed by atoms with E-state index in [1.165, 1.54) is 11.8 Å². The highest BCUT2D eigenvalue weighted by molar-refractivity contribution is 8.03. The Bertz CT molecular complexity index is 633. The van der Waals surface area contributed by atoms with Crippen LogP contribution in [-0.4, -0.2) is 34.4 Å². The molecule has 1 aromatic heterocycles. The van der Waals surface area contributed by atoms with Crippen molar-refractivity contribution in [3.63, 3.8) is 0 Å². The molecule has 6 heteroatoms. The van der Waals surface area contributed by atoms with E-state index in [1.54, 1.807) is 6.92 Å². The molecule has 2 heterocycles. The van der Waals surface area contributed by atoms with Gasteiger partial charge < -0.3 is 10.3 Å². The summed E-state index contributed by atoms with van der Waals surface area (Å²) in [6.07, 6.45) is 3.87. The summed E-state index contributed by atoms with van der Waals surface area (Å²) in [5, 5.41) is 8.35. The number of nitrogens with one attached hydrogen (secondary N) is 1. The lowest BCUT2D eigenvalue weighted by Crippen LogP contribution is -2.60. The van der Waals surface area contributed by atoms with Crippen molar-refractivity contribution in [2.24, 2.45) is 5.92 Å². The third-order valence-electron chi connectivity index (χ3n) is 4.03. The molecule has 118 valence electrons. The lowest BCUT2D eigenvalue weighted by Gasteiger charge is -2.45. The SMILES string of the molecule is CC(=N)/C=C(\C)Sc1cc(N2CC(F)(C3CC3)C2)nc(C)n1. The average Bonchev–Trinajstić information content (AvgIpc) is 3.17. The lowest BCUT2D eigenvalue weighted by atomic mass is 9.91. The summed E-state index contributed by atoms with van der Waals surface area (Å²) < 4.78 is 14.5. The van der Waals surface area contributed by atoms with Crippen molar-refractivity contribution in [1.82, 2.24) is 9.97 Å². The molecular formula is C16H21FN4S. The van der Waals surface area contributed by atoms with Crippen LogP contribution in [-0.2, 0) is 0 Å². The van der Waals surface area contributed by atoms with Crippen LogP contribution in [0.1, 0.15) is 32.5 Å². The first-order valence-corrected chi connectivity index (χ1v) is 8.38. The minimum Gasteiger partial charge on any atom is -0.350 e. The standard InChI is InChI=1S/C16H21FN4S/c1-10(18)6-11(2)22-15-7-14(19-12(3)20-15)21-8-16(17,9-21)13-4-5-13/h6-7,13,18H,4-5,8-9H2,1-3H3/b11-6+,18-10?. The van der Waals surface area contributed by atoms with Crippen molar-refractivity contribution in [3.8, 4) is 0 Å². The molecule has 0 radical (unpaired) electrons. The number of hydrogen-bond acceptors (Lipinski definition) is 5. The third-order valence-corrected chi connectivity index (χ3v) is 4.88. The molecule has 1 saturated heterocycles. The Hall–Kier alpha value is -1.43. The van der Waals surface area contributed by atoms with Gasteiger partial charge in [-0.2, -0.15) is 0 Å². The van der Waals surface area contributed by atoms with Gasteiger partial charge in [-0.1, -0.05) is 11.8 Å². The number of rotatable bonds is 5. The Morgan fingerprint density at radius 2 is 2.09 bits per heavy atom. The van der Waals surface area contributed by atoms with E-state index in [-0.39, 0.29) is 5.92 Å². The minimum absolute atomic E-state index is 0.265. The van der Waals surface area contributed by atoms with Crippen molar-refractivity contribution >= 4 is 23.3 Å². The normalized spacial score (nSPS) is 20.7. The van der Waals surface area contributed by atoms with E-state index in [0.717, 1.165) is 28.6 Å². The molecule has 1 aliphatic heterocycles. The average molecular weight is 320 g/mol. The molecule has 22 heavy (non-hydrogen) atoms. The number of aryl methyl sites for hydroxylation is 1. The van der Waals surface area contributed by atoms with E-state index >= 15 is 0 Å². The minimum atomic E-state index is -1.00. The molecular weight excluding hydrogens is 299 g/mol. The highest BCUT2D eigenvalue weighted by Crippen LogP contribution is 2.48. The fraction of sp³-hybridized carbons (Fsp3) is 0.562. The first kappa shape index (κ1) is 15.5. The number of alkyl halides is 1. The van der Waals surface area contributed by atoms with E-state index in [9.17, 15) is 4.39 Å². The van der Waals surface area contributed by atoms with Crippen LogP contribution in [0.25, 0.3) is 0 Å². The van der Waals surface area contributed by atoms with Gasteiger partial charge in [-0.05, 0) is 50.5 Å². The van der Waals surface area contributed by atoms with E-state index < -0.39 is 5.67 Å². The Morgan fingerprint density at radius 3 is 2.68 bits per heavy atom. The van der Waals surface area contributed by atoms with Crippen molar-refractivity contribution in [3.05, 3.63) is 22.9 Å². The fourth-order valence-electron chi connectivity index (χ4n) is 2.85. The van der Waals surface area contributed by atoms with Crippen LogP contribution >= 0.6 is 11.8 Å². The summed E-state index contributed by atoms with van der Waals surface area (Å²) in [6, 6.07) is 1.92. The maximum absolute atomic E-state index is 14.5. The number of anilines is 1. The maximum Gasteiger partial charge on any atom is 0.148 e. The zero-order valence-corrected chi connectivity index (χ0v) is 14.0. The number of halogens is 1. The van der Waals surface area contributed by atoms with Gasteiger partial charge in [0, 0.05) is 11.8 Å². The van der Waals surface area contributed by atoms with Crippen LogP contribution in [0.3, 0.4) is 0 Å². The second kappa shape index (κ2) is 5.65. The van der Waals surface area contributed by atoms with Crippen LogP contribution in [0.2, 0.25) is 0 Å². The molecule has 2 aliphatic rings. The summed E-state index contributed by atoms with van der Waals surface area (Å²) in [4.78, 5) is 11.9. The van der Waals surface area contributed by atoms with Gasteiger partial charge >= 0.3 is 0 Å². The molecule has 0 bridgehead atoms. The number of aromatic nitrogens is 2. The quantitative estimate of drug-likeness (QED) is 0.510. The van der Waals surface area contributed by atoms with Gasteiger partial charge in [-0.15, -0.1) is 0 Å². The molecule has 0 amide bonds. The summed E-state index contributed by atoms with van der Waals surface area (Å²) in [7, 11) is 0. The smallest absolute Gasteiger partial charge is 0.148 e. The predicted octanol–water partition coefficient (Wildman–Crippen LogP) is 3.76. The molecule has 1 N–H and O–H groups in total. The van der Waals surface area contributed by atoms with Crippen LogP contribution in [0, 0.1) is 18.3 Å². The monoisotopic (exact) mass is 320 g/mol. The van der Waals surface area contributed by atoms with E-state index in [4.69, 9.17) is 5.41 Å². The summed E-state index contributed by atoms with van der Waals surface area (Å²) in [5.41, 5.74) is -0.482. The van der Waals surface area contributed by atoms with Crippen LogP contribution in [0.15, 0.2) is 22.1 Å². The molecule has 0 aromatic carbocycles. The molecule has 0 atom stereocenters. The van der Waals surface area contributed by atoms with Crippen molar-refractivity contribution in [1.29, 1.82) is 5.41 Å². The molecule has 3 rings (SSSR count). The molecule has 2 fully saturated rings. The predicted molar refractivity (Wildman–Crippen MR) is 88.6 cm³/mol. The summed E-state index contributed by atoms with van der Waals surface area (Å²) in [6.45, 7) is 6.47. The summed E-state index contributed by atoms with van der Waals surface area (Å²) in [5.74, 6) is 1.77. The van der Waals surface area contributed by atoms with Gasteiger partial charge in [0.05, 0.1) is 13.1 Å². The summed E-state index contributed by atoms with van der Waals surface area (Å²) >= 11 is 1.52. The van der Waals surface area contributed by atoms with E-state index in [2.05, 4.69) is 9.97 Å². The Balaban J connectivity index is 1.72. The highest BCUT2D eigenvalue weighted by Gasteiger charge is 2.54. The molecule has 0 spiro atoms.